The Morgan fingerprint density at radius 2 is 1.79 bits per heavy atom. The van der Waals surface area contributed by atoms with Crippen molar-refractivity contribution in [1.29, 1.82) is 10.5 Å². The topological polar surface area (TPSA) is 72.5 Å². The molecule has 0 bridgehead atoms. The van der Waals surface area contributed by atoms with Crippen LogP contribution in [0.5, 0.6) is 0 Å². The van der Waals surface area contributed by atoms with Gasteiger partial charge in [-0.1, -0.05) is 0 Å². The van der Waals surface area contributed by atoms with Gasteiger partial charge in [0.25, 0.3) is 0 Å². The van der Waals surface area contributed by atoms with E-state index in [4.69, 9.17) is 0 Å². The lowest BCUT2D eigenvalue weighted by molar-refractivity contribution is 0.810. The summed E-state index contributed by atoms with van der Waals surface area (Å²) in [4.78, 5) is 4.02. The average molecular weight is 315 g/mol. The van der Waals surface area contributed by atoms with Crippen molar-refractivity contribution >= 4 is 15.9 Å². The van der Waals surface area contributed by atoms with Crippen LogP contribution in [0.2, 0.25) is 0 Å². The fourth-order valence-corrected chi connectivity index (χ4v) is 2.70. The number of allylic oxidation sites excluding steroid dienone is 4. The highest BCUT2D eigenvalue weighted by atomic mass is 79.9. The molecule has 2 rings (SSSR count). The van der Waals surface area contributed by atoms with Crippen molar-refractivity contribution in [3.05, 3.63) is 51.0 Å². The molecule has 0 aliphatic carbocycles. The van der Waals surface area contributed by atoms with Crippen molar-refractivity contribution in [2.45, 2.75) is 19.8 Å². The van der Waals surface area contributed by atoms with Crippen LogP contribution in [-0.4, -0.2) is 4.98 Å². The van der Waals surface area contributed by atoms with Gasteiger partial charge in [0.2, 0.25) is 0 Å². The first kappa shape index (κ1) is 13.3. The van der Waals surface area contributed by atoms with E-state index >= 15 is 0 Å². The molecule has 1 aromatic rings. The Kier molecular flexibility index (Phi) is 3.69. The maximum absolute atomic E-state index is 9.37. The summed E-state index contributed by atoms with van der Waals surface area (Å²) in [5, 5.41) is 21.8. The van der Waals surface area contributed by atoms with Crippen molar-refractivity contribution in [2.24, 2.45) is 0 Å². The molecule has 5 heteroatoms. The van der Waals surface area contributed by atoms with Crippen LogP contribution in [0, 0.1) is 22.7 Å². The summed E-state index contributed by atoms with van der Waals surface area (Å²) < 4.78 is 0.794. The maximum Gasteiger partial charge on any atom is 0.0975 e. The van der Waals surface area contributed by atoms with Crippen molar-refractivity contribution < 1.29 is 0 Å². The summed E-state index contributed by atoms with van der Waals surface area (Å²) in [5.74, 6) is -0.339. The van der Waals surface area contributed by atoms with Crippen LogP contribution in [0.1, 0.15) is 25.3 Å². The molecule has 0 atom stereocenters. The van der Waals surface area contributed by atoms with Gasteiger partial charge in [0.05, 0.1) is 29.2 Å². The number of nitrogens with zero attached hydrogens (tertiary/aromatic N) is 3. The Bertz CT molecular complexity index is 637. The molecule has 0 unspecified atom stereocenters. The van der Waals surface area contributed by atoms with Crippen LogP contribution in [-0.2, 0) is 0 Å². The number of rotatable bonds is 1. The Morgan fingerprint density at radius 3 is 2.26 bits per heavy atom. The predicted octanol–water partition coefficient (Wildman–Crippen LogP) is 3.13. The Labute approximate surface area is 120 Å². The molecule has 0 amide bonds. The Morgan fingerprint density at radius 1 is 1.21 bits per heavy atom. The first-order chi connectivity index (χ1) is 9.10. The van der Waals surface area contributed by atoms with Gasteiger partial charge >= 0.3 is 0 Å². The second-order valence-corrected chi connectivity index (χ2v) is 5.11. The van der Waals surface area contributed by atoms with E-state index in [0.29, 0.717) is 11.1 Å². The van der Waals surface area contributed by atoms with E-state index in [1.165, 1.54) is 0 Å². The van der Waals surface area contributed by atoms with Gasteiger partial charge in [-0.25, -0.2) is 0 Å². The number of nitriles is 2. The number of hydrogen-bond acceptors (Lipinski definition) is 4. The molecule has 1 aliphatic rings. The van der Waals surface area contributed by atoms with Gasteiger partial charge in [0.15, 0.2) is 0 Å². The van der Waals surface area contributed by atoms with Gasteiger partial charge in [-0.3, -0.25) is 4.98 Å². The lowest BCUT2D eigenvalue weighted by Crippen LogP contribution is -2.23. The summed E-state index contributed by atoms with van der Waals surface area (Å²) in [5.41, 5.74) is 3.58. The molecular weight excluding hydrogens is 304 g/mol. The highest BCUT2D eigenvalue weighted by Gasteiger charge is 2.30. The molecule has 4 nitrogen and oxygen atoms in total. The summed E-state index contributed by atoms with van der Waals surface area (Å²) >= 11 is 3.44. The third-order valence-electron chi connectivity index (χ3n) is 3.12. The number of dihydropyridines is 1. The second kappa shape index (κ2) is 5.26. The summed E-state index contributed by atoms with van der Waals surface area (Å²) in [7, 11) is 0. The van der Waals surface area contributed by atoms with E-state index in [1.54, 1.807) is 12.4 Å². The van der Waals surface area contributed by atoms with Crippen LogP contribution in [0.3, 0.4) is 0 Å². The lowest BCUT2D eigenvalue weighted by Gasteiger charge is -2.26. The van der Waals surface area contributed by atoms with Crippen molar-refractivity contribution in [2.75, 3.05) is 0 Å². The monoisotopic (exact) mass is 314 g/mol. The Balaban J connectivity index is 2.69. The van der Waals surface area contributed by atoms with Gasteiger partial charge in [0.1, 0.15) is 0 Å². The van der Waals surface area contributed by atoms with Gasteiger partial charge < -0.3 is 5.32 Å². The number of hydrogen-bond donors (Lipinski definition) is 1. The van der Waals surface area contributed by atoms with E-state index in [-0.39, 0.29) is 5.92 Å². The van der Waals surface area contributed by atoms with Gasteiger partial charge in [-0.2, -0.15) is 10.5 Å². The van der Waals surface area contributed by atoms with Crippen LogP contribution in [0.15, 0.2) is 45.5 Å². The van der Waals surface area contributed by atoms with E-state index in [0.717, 1.165) is 21.4 Å². The SMILES string of the molecule is CC1=C(C#N)C(c2ccncc2Br)C(C#N)=C(C)N1. The fourth-order valence-electron chi connectivity index (χ4n) is 2.22. The minimum atomic E-state index is -0.339. The molecule has 1 aliphatic heterocycles. The highest BCUT2D eigenvalue weighted by molar-refractivity contribution is 9.10. The van der Waals surface area contributed by atoms with Crippen molar-refractivity contribution in [1.82, 2.24) is 10.3 Å². The highest BCUT2D eigenvalue weighted by Crippen LogP contribution is 2.39. The van der Waals surface area contributed by atoms with E-state index in [9.17, 15) is 10.5 Å². The standard InChI is InChI=1S/C14H11BrN4/c1-8-11(5-16)14(12(6-17)9(2)19-8)10-3-4-18-7-13(10)15/h3-4,7,14,19H,1-2H3. The average Bonchev–Trinajstić information content (AvgIpc) is 2.38. The molecule has 94 valence electrons. The third-order valence-corrected chi connectivity index (χ3v) is 3.78. The Hall–Kier alpha value is -2.11. The van der Waals surface area contributed by atoms with Crippen LogP contribution in [0.4, 0.5) is 0 Å². The molecule has 0 aromatic carbocycles. The summed E-state index contributed by atoms with van der Waals surface area (Å²) in [6.45, 7) is 3.69. The summed E-state index contributed by atoms with van der Waals surface area (Å²) in [6.07, 6.45) is 3.34. The number of halogens is 1. The maximum atomic E-state index is 9.37. The quantitative estimate of drug-likeness (QED) is 0.864. The molecule has 1 N–H and O–H groups in total. The van der Waals surface area contributed by atoms with Crippen molar-refractivity contribution in [3.63, 3.8) is 0 Å². The molecule has 19 heavy (non-hydrogen) atoms. The molecule has 0 spiro atoms. The largest absolute Gasteiger partial charge is 0.361 e. The van der Waals surface area contributed by atoms with Crippen molar-refractivity contribution in [3.8, 4) is 12.1 Å². The predicted molar refractivity (Wildman–Crippen MR) is 74.4 cm³/mol. The third kappa shape index (κ3) is 2.25. The zero-order valence-corrected chi connectivity index (χ0v) is 12.1. The number of nitrogens with one attached hydrogen (secondary N) is 1. The molecule has 2 heterocycles. The van der Waals surface area contributed by atoms with E-state index in [2.05, 4.69) is 38.4 Å². The zero-order valence-electron chi connectivity index (χ0n) is 10.5. The molecular formula is C14H11BrN4. The normalized spacial score (nSPS) is 15.8. The fraction of sp³-hybridized carbons (Fsp3) is 0.214. The first-order valence-corrected chi connectivity index (χ1v) is 6.47. The van der Waals surface area contributed by atoms with Crippen LogP contribution < -0.4 is 5.32 Å². The molecule has 1 aromatic heterocycles. The zero-order chi connectivity index (χ0) is 14.0. The molecule has 0 fully saturated rings. The minimum Gasteiger partial charge on any atom is -0.361 e. The molecule has 0 radical (unpaired) electrons. The van der Waals surface area contributed by atoms with E-state index in [1.807, 2.05) is 19.9 Å². The lowest BCUT2D eigenvalue weighted by atomic mass is 9.82. The van der Waals surface area contributed by atoms with Gasteiger partial charge in [0, 0.05) is 28.3 Å². The number of aromatic nitrogens is 1. The van der Waals surface area contributed by atoms with Crippen LogP contribution in [0.25, 0.3) is 0 Å². The second-order valence-electron chi connectivity index (χ2n) is 4.26. The van der Waals surface area contributed by atoms with E-state index < -0.39 is 0 Å². The van der Waals surface area contributed by atoms with Gasteiger partial charge in [-0.05, 0) is 41.4 Å². The summed E-state index contributed by atoms with van der Waals surface area (Å²) in [6, 6.07) is 6.24. The molecule has 0 saturated carbocycles. The minimum absolute atomic E-state index is 0.339. The smallest absolute Gasteiger partial charge is 0.0975 e. The van der Waals surface area contributed by atoms with Crippen LogP contribution >= 0.6 is 15.9 Å². The number of pyridine rings is 1. The molecule has 0 saturated heterocycles. The first-order valence-electron chi connectivity index (χ1n) is 5.68. The van der Waals surface area contributed by atoms with Gasteiger partial charge in [-0.15, -0.1) is 0 Å².